The second kappa shape index (κ2) is 7.34. The summed E-state index contributed by atoms with van der Waals surface area (Å²) in [6.07, 6.45) is 5.70. The highest BCUT2D eigenvalue weighted by Gasteiger charge is 2.25. The average Bonchev–Trinajstić information content (AvgIpc) is 3.08. The third-order valence-corrected chi connectivity index (χ3v) is 5.32. The van der Waals surface area contributed by atoms with Crippen LogP contribution in [0, 0.1) is 5.92 Å². The molecule has 0 bridgehead atoms. The third kappa shape index (κ3) is 3.99. The van der Waals surface area contributed by atoms with Gasteiger partial charge in [-0.3, -0.25) is 4.68 Å². The van der Waals surface area contributed by atoms with E-state index < -0.39 is 0 Å². The normalized spacial score (nSPS) is 22.6. The van der Waals surface area contributed by atoms with Crippen molar-refractivity contribution in [3.8, 4) is 0 Å². The monoisotopic (exact) mass is 281 g/mol. The van der Waals surface area contributed by atoms with Crippen molar-refractivity contribution in [3.63, 3.8) is 0 Å². The molecule has 1 fully saturated rings. The minimum atomic E-state index is 0.508. The molecule has 3 atom stereocenters. The highest BCUT2D eigenvalue weighted by molar-refractivity contribution is 7.99. The minimum absolute atomic E-state index is 0.508. The van der Waals surface area contributed by atoms with Gasteiger partial charge in [0.05, 0.1) is 5.69 Å². The molecular weight excluding hydrogens is 254 g/mol. The molecule has 1 aliphatic heterocycles. The molecule has 0 radical (unpaired) electrons. The summed E-state index contributed by atoms with van der Waals surface area (Å²) in [5.41, 5.74) is 1.24. The fourth-order valence-corrected chi connectivity index (χ4v) is 4.02. The van der Waals surface area contributed by atoms with Gasteiger partial charge in [0.25, 0.3) is 0 Å². The van der Waals surface area contributed by atoms with Gasteiger partial charge in [-0.05, 0) is 49.8 Å². The lowest BCUT2D eigenvalue weighted by molar-refractivity contribution is 0.381. The zero-order chi connectivity index (χ0) is 13.7. The van der Waals surface area contributed by atoms with Crippen molar-refractivity contribution >= 4 is 11.8 Å². The molecule has 0 aliphatic carbocycles. The van der Waals surface area contributed by atoms with Crippen molar-refractivity contribution in [2.45, 2.75) is 52.1 Å². The number of thioether (sulfide) groups is 1. The molecule has 2 heterocycles. The Bertz CT molecular complexity index is 371. The molecule has 1 saturated heterocycles. The van der Waals surface area contributed by atoms with Crippen LogP contribution in [0.2, 0.25) is 0 Å². The number of likely N-dealkylation sites (N-methyl/N-ethyl adjacent to an activating group) is 1. The Labute approximate surface area is 121 Å². The highest BCUT2D eigenvalue weighted by Crippen LogP contribution is 2.27. The van der Waals surface area contributed by atoms with Gasteiger partial charge >= 0.3 is 0 Å². The van der Waals surface area contributed by atoms with Crippen LogP contribution in [0.4, 0.5) is 0 Å². The zero-order valence-electron chi connectivity index (χ0n) is 12.4. The Kier molecular flexibility index (Phi) is 5.76. The van der Waals surface area contributed by atoms with Crippen molar-refractivity contribution < 1.29 is 0 Å². The molecule has 0 aromatic carbocycles. The molecule has 4 heteroatoms. The van der Waals surface area contributed by atoms with E-state index in [1.54, 1.807) is 0 Å². The molecule has 2 rings (SSSR count). The number of aromatic nitrogens is 2. The number of rotatable bonds is 7. The third-order valence-electron chi connectivity index (χ3n) is 4.14. The summed E-state index contributed by atoms with van der Waals surface area (Å²) in [5, 5.41) is 8.41. The average molecular weight is 281 g/mol. The van der Waals surface area contributed by atoms with Crippen LogP contribution < -0.4 is 5.32 Å². The second-order valence-electron chi connectivity index (χ2n) is 5.54. The van der Waals surface area contributed by atoms with Crippen molar-refractivity contribution in [2.24, 2.45) is 5.92 Å². The summed E-state index contributed by atoms with van der Waals surface area (Å²) in [6, 6.07) is 3.30. The zero-order valence-corrected chi connectivity index (χ0v) is 13.2. The highest BCUT2D eigenvalue weighted by atomic mass is 32.2. The Morgan fingerprint density at radius 2 is 2.37 bits per heavy atom. The quantitative estimate of drug-likeness (QED) is 0.833. The largest absolute Gasteiger partial charge is 0.314 e. The first-order chi connectivity index (χ1) is 9.24. The summed E-state index contributed by atoms with van der Waals surface area (Å²) >= 11 is 2.10. The summed E-state index contributed by atoms with van der Waals surface area (Å²) < 4.78 is 2.11. The molecular formula is C15H27N3S. The summed E-state index contributed by atoms with van der Waals surface area (Å²) in [6.45, 7) is 7.69. The van der Waals surface area contributed by atoms with Crippen LogP contribution in [0.15, 0.2) is 12.3 Å². The first-order valence-electron chi connectivity index (χ1n) is 7.59. The van der Waals surface area contributed by atoms with E-state index >= 15 is 0 Å². The topological polar surface area (TPSA) is 29.9 Å². The van der Waals surface area contributed by atoms with E-state index in [9.17, 15) is 0 Å². The van der Waals surface area contributed by atoms with E-state index in [1.165, 1.54) is 23.6 Å². The predicted molar refractivity (Wildman–Crippen MR) is 83.8 cm³/mol. The summed E-state index contributed by atoms with van der Waals surface area (Å²) in [4.78, 5) is 0. The Morgan fingerprint density at radius 3 is 3.00 bits per heavy atom. The van der Waals surface area contributed by atoms with Gasteiger partial charge < -0.3 is 5.32 Å². The van der Waals surface area contributed by atoms with Crippen LogP contribution in [0.1, 0.15) is 45.3 Å². The number of hydrogen-bond donors (Lipinski definition) is 1. The van der Waals surface area contributed by atoms with Crippen LogP contribution in [0.3, 0.4) is 0 Å². The van der Waals surface area contributed by atoms with Gasteiger partial charge in [-0.1, -0.05) is 13.8 Å². The molecule has 0 spiro atoms. The maximum absolute atomic E-state index is 4.74. The summed E-state index contributed by atoms with van der Waals surface area (Å²) in [5.74, 6) is 3.45. The molecule has 108 valence electrons. The van der Waals surface area contributed by atoms with Crippen LogP contribution in [0.5, 0.6) is 0 Å². The maximum Gasteiger partial charge on any atom is 0.0640 e. The van der Waals surface area contributed by atoms with Gasteiger partial charge in [-0.2, -0.15) is 16.9 Å². The lowest BCUT2D eigenvalue weighted by atomic mass is 9.95. The molecule has 19 heavy (non-hydrogen) atoms. The lowest BCUT2D eigenvalue weighted by Crippen LogP contribution is -2.38. The van der Waals surface area contributed by atoms with Crippen LogP contribution in [-0.4, -0.2) is 33.9 Å². The fraction of sp³-hybridized carbons (Fsp3) is 0.800. The van der Waals surface area contributed by atoms with Crippen molar-refractivity contribution in [1.82, 2.24) is 15.1 Å². The van der Waals surface area contributed by atoms with Gasteiger partial charge in [-0.15, -0.1) is 0 Å². The SMILES string of the molecule is CCNC(Cc1ccn(C(C)CC)n1)C1CCSC1. The molecule has 1 aliphatic rings. The smallest absolute Gasteiger partial charge is 0.0640 e. The van der Waals surface area contributed by atoms with Gasteiger partial charge in [0.2, 0.25) is 0 Å². The van der Waals surface area contributed by atoms with E-state index in [0.717, 1.165) is 25.3 Å². The fourth-order valence-electron chi connectivity index (χ4n) is 2.68. The molecule has 0 saturated carbocycles. The predicted octanol–water partition coefficient (Wildman–Crippen LogP) is 3.13. The van der Waals surface area contributed by atoms with Crippen LogP contribution in [0.25, 0.3) is 0 Å². The van der Waals surface area contributed by atoms with Gasteiger partial charge in [0.15, 0.2) is 0 Å². The van der Waals surface area contributed by atoms with Crippen LogP contribution in [-0.2, 0) is 6.42 Å². The Morgan fingerprint density at radius 1 is 1.53 bits per heavy atom. The van der Waals surface area contributed by atoms with E-state index in [1.807, 2.05) is 0 Å². The van der Waals surface area contributed by atoms with Gasteiger partial charge in [0, 0.05) is 24.7 Å². The Hall–Kier alpha value is -0.480. The molecule has 0 amide bonds. The van der Waals surface area contributed by atoms with Crippen molar-refractivity contribution in [3.05, 3.63) is 18.0 Å². The lowest BCUT2D eigenvalue weighted by Gasteiger charge is -2.23. The first-order valence-corrected chi connectivity index (χ1v) is 8.75. The van der Waals surface area contributed by atoms with Gasteiger partial charge in [-0.25, -0.2) is 0 Å². The van der Waals surface area contributed by atoms with E-state index in [2.05, 4.69) is 54.8 Å². The maximum atomic E-state index is 4.74. The van der Waals surface area contributed by atoms with E-state index in [0.29, 0.717) is 12.1 Å². The molecule has 3 nitrogen and oxygen atoms in total. The summed E-state index contributed by atoms with van der Waals surface area (Å²) in [7, 11) is 0. The molecule has 1 aromatic heterocycles. The van der Waals surface area contributed by atoms with Gasteiger partial charge in [0.1, 0.15) is 0 Å². The Balaban J connectivity index is 1.97. The molecule has 1 aromatic rings. The van der Waals surface area contributed by atoms with E-state index in [-0.39, 0.29) is 0 Å². The molecule has 1 N–H and O–H groups in total. The number of nitrogens with one attached hydrogen (secondary N) is 1. The van der Waals surface area contributed by atoms with Crippen LogP contribution >= 0.6 is 11.8 Å². The standard InChI is InChI=1S/C15H27N3S/c1-4-12(3)18-8-6-14(17-18)10-15(16-5-2)13-7-9-19-11-13/h6,8,12-13,15-16H,4-5,7,9-11H2,1-3H3. The molecule has 3 unspecified atom stereocenters. The first kappa shape index (κ1) is 14.9. The minimum Gasteiger partial charge on any atom is -0.314 e. The number of nitrogens with zero attached hydrogens (tertiary/aromatic N) is 2. The second-order valence-corrected chi connectivity index (χ2v) is 6.69. The van der Waals surface area contributed by atoms with Crippen molar-refractivity contribution in [1.29, 1.82) is 0 Å². The van der Waals surface area contributed by atoms with Crippen molar-refractivity contribution in [2.75, 3.05) is 18.1 Å². The number of hydrogen-bond acceptors (Lipinski definition) is 3. The van der Waals surface area contributed by atoms with E-state index in [4.69, 9.17) is 5.10 Å².